The van der Waals surface area contributed by atoms with Crippen LogP contribution < -0.4 is 21.7 Å². The van der Waals surface area contributed by atoms with Crippen LogP contribution in [-0.4, -0.2) is 31.1 Å². The highest BCUT2D eigenvalue weighted by Gasteiger charge is 2.21. The Labute approximate surface area is 148 Å². The fourth-order valence-corrected chi connectivity index (χ4v) is 3.82. The molecular formula is C17H19FN4O2S. The zero-order valence-electron chi connectivity index (χ0n) is 13.5. The maximum absolute atomic E-state index is 13.1. The molecule has 3 amide bonds. The number of nitrogens with one attached hydrogen (secondary N) is 3. The maximum atomic E-state index is 13.1. The number of nitrogens with two attached hydrogens (primary N) is 1. The van der Waals surface area contributed by atoms with Crippen LogP contribution in [0.2, 0.25) is 0 Å². The molecule has 1 unspecified atom stereocenters. The van der Waals surface area contributed by atoms with Gasteiger partial charge in [-0.05, 0) is 43.1 Å². The smallest absolute Gasteiger partial charge is 0.317 e. The van der Waals surface area contributed by atoms with Gasteiger partial charge in [0.25, 0.3) is 5.91 Å². The van der Waals surface area contributed by atoms with Crippen LogP contribution in [0.4, 0.5) is 14.2 Å². The third-order valence-electron chi connectivity index (χ3n) is 3.97. The lowest BCUT2D eigenvalue weighted by atomic mass is 10.1. The SMILES string of the molecule is NC(=O)Nc1sc(-c2ccc(F)cc2)cc1C(=O)NC1CCCNC1. The first-order valence-corrected chi connectivity index (χ1v) is 8.82. The second-order valence-electron chi connectivity index (χ2n) is 5.87. The van der Waals surface area contributed by atoms with Crippen molar-refractivity contribution < 1.29 is 14.0 Å². The molecule has 25 heavy (non-hydrogen) atoms. The van der Waals surface area contributed by atoms with Gasteiger partial charge < -0.3 is 16.4 Å². The van der Waals surface area contributed by atoms with Crippen molar-refractivity contribution in [2.45, 2.75) is 18.9 Å². The zero-order chi connectivity index (χ0) is 17.8. The summed E-state index contributed by atoms with van der Waals surface area (Å²) in [6.45, 7) is 1.67. The molecule has 1 aliphatic rings. The molecule has 1 saturated heterocycles. The highest BCUT2D eigenvalue weighted by atomic mass is 32.1. The molecule has 1 fully saturated rings. The molecule has 1 aromatic carbocycles. The molecule has 1 atom stereocenters. The second-order valence-corrected chi connectivity index (χ2v) is 6.92. The molecular weight excluding hydrogens is 343 g/mol. The minimum absolute atomic E-state index is 0.0526. The summed E-state index contributed by atoms with van der Waals surface area (Å²) in [5.41, 5.74) is 6.33. The summed E-state index contributed by atoms with van der Waals surface area (Å²) in [5, 5.41) is 9.10. The van der Waals surface area contributed by atoms with Gasteiger partial charge in [0.05, 0.1) is 5.56 Å². The molecule has 2 aromatic rings. The number of carbonyl (C=O) groups is 2. The van der Waals surface area contributed by atoms with E-state index in [0.29, 0.717) is 10.6 Å². The predicted octanol–water partition coefficient (Wildman–Crippen LogP) is 2.53. The largest absolute Gasteiger partial charge is 0.351 e. The van der Waals surface area contributed by atoms with Crippen LogP contribution in [0.5, 0.6) is 0 Å². The minimum atomic E-state index is -0.735. The van der Waals surface area contributed by atoms with Gasteiger partial charge in [-0.3, -0.25) is 10.1 Å². The van der Waals surface area contributed by atoms with Gasteiger partial charge in [-0.2, -0.15) is 0 Å². The van der Waals surface area contributed by atoms with E-state index in [1.165, 1.54) is 23.5 Å². The number of piperidine rings is 1. The lowest BCUT2D eigenvalue weighted by Crippen LogP contribution is -2.45. The number of amides is 3. The van der Waals surface area contributed by atoms with Crippen LogP contribution in [0.25, 0.3) is 10.4 Å². The summed E-state index contributed by atoms with van der Waals surface area (Å²) in [6, 6.07) is 6.96. The van der Waals surface area contributed by atoms with Crippen LogP contribution >= 0.6 is 11.3 Å². The molecule has 0 radical (unpaired) electrons. The van der Waals surface area contributed by atoms with Gasteiger partial charge >= 0.3 is 6.03 Å². The quantitative estimate of drug-likeness (QED) is 0.673. The van der Waals surface area contributed by atoms with Crippen molar-refractivity contribution >= 4 is 28.3 Å². The highest BCUT2D eigenvalue weighted by Crippen LogP contribution is 2.35. The molecule has 132 valence electrons. The van der Waals surface area contributed by atoms with Crippen molar-refractivity contribution in [1.82, 2.24) is 10.6 Å². The van der Waals surface area contributed by atoms with E-state index in [9.17, 15) is 14.0 Å². The molecule has 1 aromatic heterocycles. The molecule has 8 heteroatoms. The Morgan fingerprint density at radius 2 is 2.04 bits per heavy atom. The summed E-state index contributed by atoms with van der Waals surface area (Å²) in [7, 11) is 0. The number of benzene rings is 1. The molecule has 0 saturated carbocycles. The number of urea groups is 1. The standard InChI is InChI=1S/C17H19FN4O2S/c18-11-5-3-10(4-6-11)14-8-13(16(25-14)22-17(19)24)15(23)21-12-2-1-7-20-9-12/h3-6,8,12,20H,1-2,7,9H2,(H,21,23)(H3,19,22,24). The van der Waals surface area contributed by atoms with Gasteiger partial charge in [0.15, 0.2) is 0 Å². The summed E-state index contributed by atoms with van der Waals surface area (Å²) < 4.78 is 13.1. The normalized spacial score (nSPS) is 17.1. The highest BCUT2D eigenvalue weighted by molar-refractivity contribution is 7.20. The van der Waals surface area contributed by atoms with Crippen LogP contribution in [0.15, 0.2) is 30.3 Å². The zero-order valence-corrected chi connectivity index (χ0v) is 14.3. The van der Waals surface area contributed by atoms with E-state index in [1.54, 1.807) is 18.2 Å². The first-order chi connectivity index (χ1) is 12.0. The molecule has 2 heterocycles. The van der Waals surface area contributed by atoms with Crippen molar-refractivity contribution in [3.05, 3.63) is 41.7 Å². The number of thiophene rings is 1. The first kappa shape index (κ1) is 17.4. The number of hydrogen-bond acceptors (Lipinski definition) is 4. The van der Waals surface area contributed by atoms with Crippen LogP contribution in [0.1, 0.15) is 23.2 Å². The molecule has 0 aliphatic carbocycles. The Balaban J connectivity index is 1.86. The molecule has 5 N–H and O–H groups in total. The predicted molar refractivity (Wildman–Crippen MR) is 96.3 cm³/mol. The monoisotopic (exact) mass is 362 g/mol. The van der Waals surface area contributed by atoms with E-state index in [0.717, 1.165) is 36.4 Å². The van der Waals surface area contributed by atoms with Crippen LogP contribution in [0.3, 0.4) is 0 Å². The van der Waals surface area contributed by atoms with E-state index in [2.05, 4.69) is 16.0 Å². The van der Waals surface area contributed by atoms with Crippen LogP contribution in [0, 0.1) is 5.82 Å². The molecule has 0 spiro atoms. The number of anilines is 1. The van der Waals surface area contributed by atoms with Crippen molar-refractivity contribution in [1.29, 1.82) is 0 Å². The van der Waals surface area contributed by atoms with E-state index >= 15 is 0 Å². The third-order valence-corrected chi connectivity index (χ3v) is 5.07. The maximum Gasteiger partial charge on any atom is 0.317 e. The number of carbonyl (C=O) groups excluding carboxylic acids is 2. The van der Waals surface area contributed by atoms with Gasteiger partial charge in [0.1, 0.15) is 10.8 Å². The summed E-state index contributed by atoms with van der Waals surface area (Å²) in [5.74, 6) is -0.597. The average molecular weight is 362 g/mol. The fourth-order valence-electron chi connectivity index (χ4n) is 2.76. The average Bonchev–Trinajstić information content (AvgIpc) is 2.99. The van der Waals surface area contributed by atoms with Crippen LogP contribution in [-0.2, 0) is 0 Å². The summed E-state index contributed by atoms with van der Waals surface area (Å²) in [6.07, 6.45) is 1.91. The van der Waals surface area contributed by atoms with Crippen molar-refractivity contribution in [3.8, 4) is 10.4 Å². The summed E-state index contributed by atoms with van der Waals surface area (Å²) >= 11 is 1.23. The number of halogens is 1. The molecule has 3 rings (SSSR count). The Morgan fingerprint density at radius 1 is 1.28 bits per heavy atom. The van der Waals surface area contributed by atoms with E-state index in [-0.39, 0.29) is 17.8 Å². The topological polar surface area (TPSA) is 96.2 Å². The Morgan fingerprint density at radius 3 is 2.68 bits per heavy atom. The lowest BCUT2D eigenvalue weighted by Gasteiger charge is -2.23. The van der Waals surface area contributed by atoms with Crippen molar-refractivity contribution in [3.63, 3.8) is 0 Å². The van der Waals surface area contributed by atoms with Crippen molar-refractivity contribution in [2.24, 2.45) is 5.73 Å². The van der Waals surface area contributed by atoms with Gasteiger partial charge in [0.2, 0.25) is 0 Å². The van der Waals surface area contributed by atoms with Crippen molar-refractivity contribution in [2.75, 3.05) is 18.4 Å². The van der Waals surface area contributed by atoms with E-state index in [1.807, 2.05) is 0 Å². The third kappa shape index (κ3) is 4.34. The number of hydrogen-bond donors (Lipinski definition) is 4. The first-order valence-electron chi connectivity index (χ1n) is 8.01. The van der Waals surface area contributed by atoms with Gasteiger partial charge in [-0.1, -0.05) is 12.1 Å². The van der Waals surface area contributed by atoms with E-state index in [4.69, 9.17) is 5.73 Å². The molecule has 6 nitrogen and oxygen atoms in total. The van der Waals surface area contributed by atoms with Gasteiger partial charge in [-0.15, -0.1) is 11.3 Å². The number of primary amides is 1. The Kier molecular flexibility index (Phi) is 5.30. The Bertz CT molecular complexity index is 769. The fraction of sp³-hybridized carbons (Fsp3) is 0.294. The van der Waals surface area contributed by atoms with Gasteiger partial charge in [0, 0.05) is 17.5 Å². The summed E-state index contributed by atoms with van der Waals surface area (Å²) in [4.78, 5) is 24.6. The van der Waals surface area contributed by atoms with Gasteiger partial charge in [-0.25, -0.2) is 9.18 Å². The van der Waals surface area contributed by atoms with E-state index < -0.39 is 6.03 Å². The lowest BCUT2D eigenvalue weighted by molar-refractivity contribution is 0.0932. The Hall–Kier alpha value is -2.45. The minimum Gasteiger partial charge on any atom is -0.351 e. The molecule has 0 bridgehead atoms. The molecule has 1 aliphatic heterocycles. The second kappa shape index (κ2) is 7.62. The number of rotatable bonds is 4.